The van der Waals surface area contributed by atoms with Crippen LogP contribution in [-0.2, 0) is 0 Å². The van der Waals surface area contributed by atoms with Gasteiger partial charge in [-0.25, -0.2) is 0 Å². The molecule has 0 fully saturated rings. The molecule has 264 valence electrons. The number of hydrogen-bond acceptors (Lipinski definition) is 2. The Morgan fingerprint density at radius 2 is 0.661 bits per heavy atom. The van der Waals surface area contributed by atoms with Gasteiger partial charge in [0.05, 0.1) is 5.69 Å². The topological polar surface area (TPSA) is 16.4 Å². The molecule has 0 bridgehead atoms. The molecule has 0 saturated carbocycles. The largest absolute Gasteiger partial charge is 0.455 e. The van der Waals surface area contributed by atoms with Crippen LogP contribution in [0.25, 0.3) is 77.6 Å². The monoisotopic (exact) mass is 715 g/mol. The highest BCUT2D eigenvalue weighted by atomic mass is 16.3. The van der Waals surface area contributed by atoms with Crippen LogP contribution in [0.5, 0.6) is 0 Å². The number of nitrogens with zero attached hydrogens (tertiary/aromatic N) is 1. The van der Waals surface area contributed by atoms with Gasteiger partial charge >= 0.3 is 0 Å². The molecule has 2 nitrogen and oxygen atoms in total. The summed E-state index contributed by atoms with van der Waals surface area (Å²) in [6.45, 7) is 0. The highest BCUT2D eigenvalue weighted by Gasteiger charge is 2.19. The first-order valence-corrected chi connectivity index (χ1v) is 19.1. The van der Waals surface area contributed by atoms with Gasteiger partial charge in [0.2, 0.25) is 0 Å². The van der Waals surface area contributed by atoms with Gasteiger partial charge in [0.25, 0.3) is 0 Å². The Balaban J connectivity index is 1.05. The quantitative estimate of drug-likeness (QED) is 0.156. The summed E-state index contributed by atoms with van der Waals surface area (Å²) in [6, 6.07) is 80.0. The molecule has 0 amide bonds. The van der Waals surface area contributed by atoms with Crippen molar-refractivity contribution in [3.8, 4) is 55.6 Å². The number of para-hydroxylation sites is 3. The Bertz CT molecular complexity index is 2910. The van der Waals surface area contributed by atoms with Crippen LogP contribution in [0.4, 0.5) is 17.1 Å². The minimum absolute atomic E-state index is 0.904. The molecule has 10 rings (SSSR count). The molecule has 1 heterocycles. The fourth-order valence-corrected chi connectivity index (χ4v) is 7.87. The van der Waals surface area contributed by atoms with Gasteiger partial charge in [0.1, 0.15) is 11.2 Å². The Hall–Kier alpha value is -7.42. The average molecular weight is 716 g/mol. The Morgan fingerprint density at radius 1 is 0.268 bits per heavy atom. The molecule has 0 unspecified atom stereocenters. The van der Waals surface area contributed by atoms with Crippen molar-refractivity contribution in [2.24, 2.45) is 0 Å². The molecular formula is C54H37NO. The first-order chi connectivity index (χ1) is 27.8. The Labute approximate surface area is 327 Å². The fourth-order valence-electron chi connectivity index (χ4n) is 7.87. The average Bonchev–Trinajstić information content (AvgIpc) is 3.67. The molecule has 0 aliphatic heterocycles. The van der Waals surface area contributed by atoms with E-state index in [9.17, 15) is 0 Å². The van der Waals surface area contributed by atoms with Gasteiger partial charge in [0, 0.05) is 33.3 Å². The van der Waals surface area contributed by atoms with E-state index in [1.54, 1.807) is 0 Å². The van der Waals surface area contributed by atoms with E-state index in [2.05, 4.69) is 217 Å². The van der Waals surface area contributed by atoms with E-state index in [-0.39, 0.29) is 0 Å². The number of furan rings is 1. The number of hydrogen-bond donors (Lipinski definition) is 0. The number of anilines is 3. The van der Waals surface area contributed by atoms with E-state index >= 15 is 0 Å². The van der Waals surface area contributed by atoms with Crippen LogP contribution in [0.1, 0.15) is 0 Å². The second kappa shape index (κ2) is 14.4. The van der Waals surface area contributed by atoms with Crippen molar-refractivity contribution in [2.45, 2.75) is 0 Å². The molecule has 0 aliphatic rings. The Kier molecular flexibility index (Phi) is 8.55. The van der Waals surface area contributed by atoms with Gasteiger partial charge in [-0.05, 0) is 80.9 Å². The van der Waals surface area contributed by atoms with Gasteiger partial charge < -0.3 is 9.32 Å². The summed E-state index contributed by atoms with van der Waals surface area (Å²) in [5.74, 6) is 0. The summed E-state index contributed by atoms with van der Waals surface area (Å²) in [6.07, 6.45) is 0. The van der Waals surface area contributed by atoms with Crippen molar-refractivity contribution in [3.05, 3.63) is 224 Å². The summed E-state index contributed by atoms with van der Waals surface area (Å²) in [7, 11) is 0. The maximum absolute atomic E-state index is 6.42. The first-order valence-electron chi connectivity index (χ1n) is 19.1. The lowest BCUT2D eigenvalue weighted by Gasteiger charge is -2.28. The number of rotatable bonds is 8. The van der Waals surface area contributed by atoms with Crippen molar-refractivity contribution in [1.29, 1.82) is 0 Å². The van der Waals surface area contributed by atoms with Crippen LogP contribution in [0.15, 0.2) is 229 Å². The zero-order valence-corrected chi connectivity index (χ0v) is 30.7. The molecule has 0 atom stereocenters. The van der Waals surface area contributed by atoms with Crippen LogP contribution in [0.2, 0.25) is 0 Å². The third-order valence-electron chi connectivity index (χ3n) is 10.7. The fraction of sp³-hybridized carbons (Fsp3) is 0. The molecular weight excluding hydrogens is 679 g/mol. The van der Waals surface area contributed by atoms with Crippen LogP contribution in [0.3, 0.4) is 0 Å². The third kappa shape index (κ3) is 6.24. The van der Waals surface area contributed by atoms with Crippen LogP contribution in [-0.4, -0.2) is 0 Å². The van der Waals surface area contributed by atoms with Crippen molar-refractivity contribution in [1.82, 2.24) is 0 Å². The van der Waals surface area contributed by atoms with Crippen molar-refractivity contribution in [3.63, 3.8) is 0 Å². The Morgan fingerprint density at radius 3 is 1.25 bits per heavy atom. The van der Waals surface area contributed by atoms with Crippen molar-refractivity contribution < 1.29 is 4.42 Å². The standard InChI is InChI=1S/C54H37NO/c1-3-12-38(13-4-1)40-22-24-42(25-23-40)43-30-34-46(35-31-43)55(52-20-9-7-16-48(52)44-28-26-41(27-29-44)39-14-5-2-6-15-39)47-36-32-45(33-37-47)49-18-11-19-51-50-17-8-10-21-53(50)56-54(49)51/h1-37H. The molecule has 2 heteroatoms. The smallest absolute Gasteiger partial charge is 0.143 e. The predicted molar refractivity (Wildman–Crippen MR) is 236 cm³/mol. The van der Waals surface area contributed by atoms with E-state index in [0.29, 0.717) is 0 Å². The van der Waals surface area contributed by atoms with E-state index in [1.165, 1.54) is 33.4 Å². The lowest BCUT2D eigenvalue weighted by Crippen LogP contribution is -2.11. The highest BCUT2D eigenvalue weighted by molar-refractivity contribution is 6.09. The molecule has 0 spiro atoms. The maximum Gasteiger partial charge on any atom is 0.143 e. The second-order valence-electron chi connectivity index (χ2n) is 14.1. The predicted octanol–water partition coefficient (Wildman–Crippen LogP) is 15.4. The summed E-state index contributed by atoms with van der Waals surface area (Å²) in [5.41, 5.74) is 16.8. The van der Waals surface area contributed by atoms with Crippen LogP contribution in [0, 0.1) is 0 Å². The zero-order valence-electron chi connectivity index (χ0n) is 30.7. The molecule has 56 heavy (non-hydrogen) atoms. The number of fused-ring (bicyclic) bond motifs is 3. The highest BCUT2D eigenvalue weighted by Crippen LogP contribution is 2.43. The summed E-state index contributed by atoms with van der Waals surface area (Å²) in [5, 5.41) is 2.27. The summed E-state index contributed by atoms with van der Waals surface area (Å²) in [4.78, 5) is 2.37. The van der Waals surface area contributed by atoms with E-state index in [4.69, 9.17) is 4.42 Å². The van der Waals surface area contributed by atoms with Crippen molar-refractivity contribution in [2.75, 3.05) is 4.90 Å². The van der Waals surface area contributed by atoms with Gasteiger partial charge in [0.15, 0.2) is 0 Å². The lowest BCUT2D eigenvalue weighted by molar-refractivity contribution is 0.670. The van der Waals surface area contributed by atoms with E-state index < -0.39 is 0 Å². The third-order valence-corrected chi connectivity index (χ3v) is 10.7. The van der Waals surface area contributed by atoms with Gasteiger partial charge in [-0.1, -0.05) is 188 Å². The molecule has 0 saturated heterocycles. The maximum atomic E-state index is 6.42. The first kappa shape index (κ1) is 33.2. The van der Waals surface area contributed by atoms with Crippen LogP contribution < -0.4 is 4.90 Å². The zero-order chi connectivity index (χ0) is 37.3. The van der Waals surface area contributed by atoms with E-state index in [1.807, 2.05) is 12.1 Å². The second-order valence-corrected chi connectivity index (χ2v) is 14.1. The van der Waals surface area contributed by atoms with E-state index in [0.717, 1.165) is 61.3 Å². The van der Waals surface area contributed by atoms with Gasteiger partial charge in [-0.2, -0.15) is 0 Å². The molecule has 10 aromatic rings. The lowest BCUT2D eigenvalue weighted by atomic mass is 9.97. The molecule has 9 aromatic carbocycles. The molecule has 0 radical (unpaired) electrons. The minimum atomic E-state index is 0.904. The molecule has 0 N–H and O–H groups in total. The number of benzene rings is 9. The summed E-state index contributed by atoms with van der Waals surface area (Å²) >= 11 is 0. The SMILES string of the molecule is c1ccc(-c2ccc(-c3ccc(N(c4ccc(-c5cccc6c5oc5ccccc56)cc4)c4ccccc4-c4ccc(-c5ccccc5)cc4)cc3)cc2)cc1. The van der Waals surface area contributed by atoms with Crippen molar-refractivity contribution >= 4 is 39.0 Å². The van der Waals surface area contributed by atoms with Crippen LogP contribution >= 0.6 is 0 Å². The molecule has 1 aromatic heterocycles. The van der Waals surface area contributed by atoms with Gasteiger partial charge in [-0.3, -0.25) is 0 Å². The normalized spacial score (nSPS) is 11.2. The molecule has 0 aliphatic carbocycles. The minimum Gasteiger partial charge on any atom is -0.455 e. The summed E-state index contributed by atoms with van der Waals surface area (Å²) < 4.78 is 6.42. The van der Waals surface area contributed by atoms with Gasteiger partial charge in [-0.15, -0.1) is 0 Å².